The molecule has 2 aromatic carbocycles. The minimum Gasteiger partial charge on any atom is -0.495 e. The Balaban J connectivity index is 1.43. The van der Waals surface area contributed by atoms with E-state index in [1.807, 2.05) is 53.4 Å². The van der Waals surface area contributed by atoms with Crippen LogP contribution in [0.3, 0.4) is 0 Å². The number of anilines is 1. The summed E-state index contributed by atoms with van der Waals surface area (Å²) in [5.74, 6) is 0.887. The average Bonchev–Trinajstić information content (AvgIpc) is 3.24. The van der Waals surface area contributed by atoms with E-state index in [0.717, 1.165) is 30.2 Å². The van der Waals surface area contributed by atoms with Crippen LogP contribution < -0.4 is 9.64 Å². The summed E-state index contributed by atoms with van der Waals surface area (Å²) in [7, 11) is 1.68. The lowest BCUT2D eigenvalue weighted by atomic mass is 10.2. The van der Waals surface area contributed by atoms with Crippen LogP contribution in [0.5, 0.6) is 5.75 Å². The molecule has 3 aromatic rings. The van der Waals surface area contributed by atoms with Crippen molar-refractivity contribution in [2.45, 2.75) is 0 Å². The van der Waals surface area contributed by atoms with Crippen LogP contribution in [-0.2, 0) is 0 Å². The SMILES string of the molecule is COc1ccccc1N1CCN(C(=O)c2cnn(-c3ccccc3)c2)CC1. The number of nitrogens with zero attached hydrogens (tertiary/aromatic N) is 4. The van der Waals surface area contributed by atoms with Crippen molar-refractivity contribution in [1.29, 1.82) is 0 Å². The number of carbonyl (C=O) groups is 1. The van der Waals surface area contributed by atoms with Crippen molar-refractivity contribution in [3.05, 3.63) is 72.6 Å². The van der Waals surface area contributed by atoms with Gasteiger partial charge in [0.2, 0.25) is 0 Å². The Labute approximate surface area is 158 Å². The highest BCUT2D eigenvalue weighted by Gasteiger charge is 2.24. The standard InChI is InChI=1S/C21H22N4O2/c1-27-20-10-6-5-9-19(20)23-11-13-24(14-12-23)21(26)17-15-22-25(16-17)18-7-3-2-4-8-18/h2-10,15-16H,11-14H2,1H3. The topological polar surface area (TPSA) is 50.6 Å². The third-order valence-electron chi connectivity index (χ3n) is 4.84. The molecule has 0 bridgehead atoms. The van der Waals surface area contributed by atoms with Crippen LogP contribution in [0.1, 0.15) is 10.4 Å². The molecule has 1 aliphatic rings. The van der Waals surface area contributed by atoms with E-state index in [1.54, 1.807) is 24.2 Å². The minimum atomic E-state index is 0.0249. The van der Waals surface area contributed by atoms with Crippen molar-refractivity contribution in [2.75, 3.05) is 38.2 Å². The summed E-state index contributed by atoms with van der Waals surface area (Å²) in [5.41, 5.74) is 2.63. The Morgan fingerprint density at radius 3 is 2.41 bits per heavy atom. The van der Waals surface area contributed by atoms with Gasteiger partial charge in [0.05, 0.1) is 30.2 Å². The highest BCUT2D eigenvalue weighted by atomic mass is 16.5. The van der Waals surface area contributed by atoms with Gasteiger partial charge < -0.3 is 14.5 Å². The molecule has 6 nitrogen and oxygen atoms in total. The molecule has 27 heavy (non-hydrogen) atoms. The zero-order chi connectivity index (χ0) is 18.6. The number of amides is 1. The molecule has 138 valence electrons. The predicted molar refractivity (Wildman–Crippen MR) is 105 cm³/mol. The number of carbonyl (C=O) groups excluding carboxylic acids is 1. The smallest absolute Gasteiger partial charge is 0.257 e. The third kappa shape index (κ3) is 3.51. The highest BCUT2D eigenvalue weighted by molar-refractivity contribution is 5.94. The zero-order valence-electron chi connectivity index (χ0n) is 15.3. The van der Waals surface area contributed by atoms with Crippen LogP contribution in [0, 0.1) is 0 Å². The van der Waals surface area contributed by atoms with Crippen LogP contribution in [0.2, 0.25) is 0 Å². The maximum absolute atomic E-state index is 12.8. The van der Waals surface area contributed by atoms with E-state index in [2.05, 4.69) is 16.1 Å². The highest BCUT2D eigenvalue weighted by Crippen LogP contribution is 2.28. The lowest BCUT2D eigenvalue weighted by Crippen LogP contribution is -2.48. The second-order valence-electron chi connectivity index (χ2n) is 6.46. The second kappa shape index (κ2) is 7.53. The van der Waals surface area contributed by atoms with Crippen molar-refractivity contribution in [1.82, 2.24) is 14.7 Å². The molecular weight excluding hydrogens is 340 g/mol. The summed E-state index contributed by atoms with van der Waals surface area (Å²) >= 11 is 0. The largest absolute Gasteiger partial charge is 0.495 e. The number of benzene rings is 2. The van der Waals surface area contributed by atoms with Gasteiger partial charge in [0.25, 0.3) is 5.91 Å². The Morgan fingerprint density at radius 1 is 0.963 bits per heavy atom. The van der Waals surface area contributed by atoms with Gasteiger partial charge in [-0.1, -0.05) is 30.3 Å². The predicted octanol–water partition coefficient (Wildman–Crippen LogP) is 2.84. The normalized spacial score (nSPS) is 14.3. The first-order chi connectivity index (χ1) is 13.3. The molecule has 0 saturated carbocycles. The van der Waals surface area contributed by atoms with Crippen LogP contribution >= 0.6 is 0 Å². The van der Waals surface area contributed by atoms with Crippen molar-refractivity contribution >= 4 is 11.6 Å². The lowest BCUT2D eigenvalue weighted by molar-refractivity contribution is 0.0746. The van der Waals surface area contributed by atoms with Gasteiger partial charge in [-0.3, -0.25) is 4.79 Å². The van der Waals surface area contributed by atoms with E-state index < -0.39 is 0 Å². The van der Waals surface area contributed by atoms with Gasteiger partial charge in [-0.05, 0) is 24.3 Å². The number of methoxy groups -OCH3 is 1. The van der Waals surface area contributed by atoms with Gasteiger partial charge in [0.1, 0.15) is 5.75 Å². The van der Waals surface area contributed by atoms with Gasteiger partial charge in [-0.15, -0.1) is 0 Å². The fourth-order valence-electron chi connectivity index (χ4n) is 3.38. The first kappa shape index (κ1) is 17.1. The fraction of sp³-hybridized carbons (Fsp3) is 0.238. The van der Waals surface area contributed by atoms with Crippen LogP contribution in [0.25, 0.3) is 5.69 Å². The van der Waals surface area contributed by atoms with E-state index in [0.29, 0.717) is 18.7 Å². The van der Waals surface area contributed by atoms with E-state index in [1.165, 1.54) is 0 Å². The number of piperazine rings is 1. The van der Waals surface area contributed by atoms with E-state index in [4.69, 9.17) is 4.74 Å². The van der Waals surface area contributed by atoms with E-state index >= 15 is 0 Å². The molecule has 0 unspecified atom stereocenters. The summed E-state index contributed by atoms with van der Waals surface area (Å²) < 4.78 is 7.19. The molecule has 1 aromatic heterocycles. The Kier molecular flexibility index (Phi) is 4.78. The number of para-hydroxylation sites is 3. The van der Waals surface area contributed by atoms with Crippen LogP contribution in [-0.4, -0.2) is 53.9 Å². The monoisotopic (exact) mass is 362 g/mol. The summed E-state index contributed by atoms with van der Waals surface area (Å²) in [6, 6.07) is 17.8. The van der Waals surface area contributed by atoms with Gasteiger partial charge in [0, 0.05) is 32.4 Å². The molecule has 0 N–H and O–H groups in total. The van der Waals surface area contributed by atoms with Crippen molar-refractivity contribution in [3.8, 4) is 11.4 Å². The van der Waals surface area contributed by atoms with Gasteiger partial charge in [0.15, 0.2) is 0 Å². The first-order valence-corrected chi connectivity index (χ1v) is 9.03. The molecule has 6 heteroatoms. The van der Waals surface area contributed by atoms with E-state index in [-0.39, 0.29) is 5.91 Å². The van der Waals surface area contributed by atoms with Crippen molar-refractivity contribution in [2.24, 2.45) is 0 Å². The number of ether oxygens (including phenoxy) is 1. The summed E-state index contributed by atoms with van der Waals surface area (Å²) in [6.07, 6.45) is 3.44. The Bertz CT molecular complexity index is 915. The lowest BCUT2D eigenvalue weighted by Gasteiger charge is -2.36. The first-order valence-electron chi connectivity index (χ1n) is 9.03. The Hall–Kier alpha value is -3.28. The molecule has 0 aliphatic carbocycles. The molecule has 4 rings (SSSR count). The Morgan fingerprint density at radius 2 is 1.67 bits per heavy atom. The molecule has 0 atom stereocenters. The van der Waals surface area contributed by atoms with Gasteiger partial charge in [-0.25, -0.2) is 4.68 Å². The minimum absolute atomic E-state index is 0.0249. The number of rotatable bonds is 4. The molecular formula is C21H22N4O2. The maximum Gasteiger partial charge on any atom is 0.257 e. The zero-order valence-corrected chi connectivity index (χ0v) is 15.3. The molecule has 2 heterocycles. The molecule has 1 amide bonds. The fourth-order valence-corrected chi connectivity index (χ4v) is 3.38. The van der Waals surface area contributed by atoms with Gasteiger partial charge >= 0.3 is 0 Å². The molecule has 1 aliphatic heterocycles. The molecule has 0 radical (unpaired) electrons. The van der Waals surface area contributed by atoms with Crippen molar-refractivity contribution < 1.29 is 9.53 Å². The quantitative estimate of drug-likeness (QED) is 0.716. The average molecular weight is 362 g/mol. The number of hydrogen-bond donors (Lipinski definition) is 0. The van der Waals surface area contributed by atoms with Gasteiger partial charge in [-0.2, -0.15) is 5.10 Å². The van der Waals surface area contributed by atoms with Crippen LogP contribution in [0.4, 0.5) is 5.69 Å². The van der Waals surface area contributed by atoms with E-state index in [9.17, 15) is 4.79 Å². The second-order valence-corrected chi connectivity index (χ2v) is 6.46. The summed E-state index contributed by atoms with van der Waals surface area (Å²) in [5, 5.41) is 4.33. The summed E-state index contributed by atoms with van der Waals surface area (Å²) in [4.78, 5) is 17.0. The van der Waals surface area contributed by atoms with Crippen LogP contribution in [0.15, 0.2) is 67.0 Å². The summed E-state index contributed by atoms with van der Waals surface area (Å²) in [6.45, 7) is 2.90. The molecule has 1 fully saturated rings. The number of hydrogen-bond acceptors (Lipinski definition) is 4. The molecule has 0 spiro atoms. The number of aromatic nitrogens is 2. The third-order valence-corrected chi connectivity index (χ3v) is 4.84. The molecule has 1 saturated heterocycles. The maximum atomic E-state index is 12.8. The van der Waals surface area contributed by atoms with Crippen molar-refractivity contribution in [3.63, 3.8) is 0 Å².